The largest absolute Gasteiger partial charge is 0.481 e. The van der Waals surface area contributed by atoms with Crippen LogP contribution in [0, 0.1) is 5.82 Å². The highest BCUT2D eigenvalue weighted by Gasteiger charge is 2.11. The summed E-state index contributed by atoms with van der Waals surface area (Å²) in [6, 6.07) is 8.79. The molecule has 0 fully saturated rings. The molecule has 0 aliphatic rings. The quantitative estimate of drug-likeness (QED) is 0.619. The highest BCUT2D eigenvalue weighted by molar-refractivity contribution is 9.10. The summed E-state index contributed by atoms with van der Waals surface area (Å²) >= 11 is 3.19. The molecule has 0 aliphatic heterocycles. The zero-order valence-corrected chi connectivity index (χ0v) is 13.2. The van der Waals surface area contributed by atoms with E-state index in [0.29, 0.717) is 16.8 Å². The van der Waals surface area contributed by atoms with Crippen molar-refractivity contribution in [3.05, 3.63) is 57.9 Å². The fourth-order valence-corrected chi connectivity index (χ4v) is 2.50. The van der Waals surface area contributed by atoms with Gasteiger partial charge in [0.2, 0.25) is 5.88 Å². The lowest BCUT2D eigenvalue weighted by atomic mass is 10.0. The van der Waals surface area contributed by atoms with Crippen LogP contribution >= 0.6 is 15.9 Å². The minimum atomic E-state index is -0.268. The molecular weight excluding hydrogens is 337 g/mol. The van der Waals surface area contributed by atoms with E-state index in [1.165, 1.54) is 6.07 Å². The molecule has 3 N–H and O–H groups in total. The van der Waals surface area contributed by atoms with Gasteiger partial charge in [-0.15, -0.1) is 0 Å². The highest BCUT2D eigenvalue weighted by atomic mass is 79.9. The van der Waals surface area contributed by atoms with Gasteiger partial charge in [0.15, 0.2) is 0 Å². The van der Waals surface area contributed by atoms with Gasteiger partial charge in [-0.1, -0.05) is 12.1 Å². The number of rotatable bonds is 6. The molecule has 21 heavy (non-hydrogen) atoms. The second-order valence-corrected chi connectivity index (χ2v) is 5.58. The minimum Gasteiger partial charge on any atom is -0.481 e. The van der Waals surface area contributed by atoms with Gasteiger partial charge in [0, 0.05) is 18.3 Å². The first-order valence-corrected chi connectivity index (χ1v) is 7.30. The second-order valence-electron chi connectivity index (χ2n) is 4.73. The van der Waals surface area contributed by atoms with Crippen molar-refractivity contribution >= 4 is 15.9 Å². The minimum absolute atomic E-state index is 0.0394. The van der Waals surface area contributed by atoms with Gasteiger partial charge < -0.3 is 4.74 Å². The summed E-state index contributed by atoms with van der Waals surface area (Å²) < 4.78 is 18.7. The molecule has 1 aromatic heterocycles. The van der Waals surface area contributed by atoms with Crippen LogP contribution in [0.15, 0.2) is 41.0 Å². The van der Waals surface area contributed by atoms with Crippen molar-refractivity contribution in [1.82, 2.24) is 10.4 Å². The number of methoxy groups -OCH3 is 1. The Kier molecular flexibility index (Phi) is 5.67. The number of hydrazine groups is 1. The molecule has 1 atom stereocenters. The van der Waals surface area contributed by atoms with Crippen molar-refractivity contribution in [2.75, 3.05) is 7.11 Å². The number of halogens is 2. The monoisotopic (exact) mass is 353 g/mol. The topological polar surface area (TPSA) is 60.2 Å². The van der Waals surface area contributed by atoms with E-state index in [-0.39, 0.29) is 11.9 Å². The Balaban J connectivity index is 2.03. The molecule has 0 saturated heterocycles. The Morgan fingerprint density at radius 3 is 2.57 bits per heavy atom. The number of hydrogen-bond donors (Lipinski definition) is 2. The third kappa shape index (κ3) is 4.49. The molecule has 1 unspecified atom stereocenters. The van der Waals surface area contributed by atoms with Crippen molar-refractivity contribution in [1.29, 1.82) is 0 Å². The standard InChI is InChI=1S/C15H17BrFN3O/c1-21-15-5-3-11(9-19-15)7-12(20-18)6-10-2-4-14(17)13(16)8-10/h2-5,8-9,12,20H,6-7,18H2,1H3. The average molecular weight is 354 g/mol. The number of hydrogen-bond acceptors (Lipinski definition) is 4. The number of nitrogens with two attached hydrogens (primary N) is 1. The second kappa shape index (κ2) is 7.49. The van der Waals surface area contributed by atoms with Crippen LogP contribution in [-0.2, 0) is 12.8 Å². The molecule has 0 saturated carbocycles. The first-order chi connectivity index (χ1) is 10.1. The van der Waals surface area contributed by atoms with Crippen LogP contribution in [0.2, 0.25) is 0 Å². The first-order valence-electron chi connectivity index (χ1n) is 6.51. The average Bonchev–Trinajstić information content (AvgIpc) is 2.51. The van der Waals surface area contributed by atoms with Gasteiger partial charge in [-0.3, -0.25) is 11.3 Å². The van der Waals surface area contributed by atoms with E-state index in [1.54, 1.807) is 25.4 Å². The van der Waals surface area contributed by atoms with E-state index in [1.807, 2.05) is 12.1 Å². The highest BCUT2D eigenvalue weighted by Crippen LogP contribution is 2.18. The van der Waals surface area contributed by atoms with Crippen LogP contribution < -0.4 is 16.0 Å². The summed E-state index contributed by atoms with van der Waals surface area (Å²) in [5.41, 5.74) is 4.86. The van der Waals surface area contributed by atoms with E-state index in [2.05, 4.69) is 26.3 Å². The van der Waals surface area contributed by atoms with Crippen molar-refractivity contribution in [2.45, 2.75) is 18.9 Å². The van der Waals surface area contributed by atoms with Gasteiger partial charge >= 0.3 is 0 Å². The molecule has 4 nitrogen and oxygen atoms in total. The molecule has 2 rings (SSSR count). The molecule has 1 heterocycles. The van der Waals surface area contributed by atoms with E-state index >= 15 is 0 Å². The molecule has 0 spiro atoms. The molecule has 2 aromatic rings. The normalized spacial score (nSPS) is 12.2. The fraction of sp³-hybridized carbons (Fsp3) is 0.267. The van der Waals surface area contributed by atoms with E-state index in [4.69, 9.17) is 10.6 Å². The van der Waals surface area contributed by atoms with Crippen molar-refractivity contribution in [3.8, 4) is 5.88 Å². The Morgan fingerprint density at radius 1 is 1.29 bits per heavy atom. The smallest absolute Gasteiger partial charge is 0.212 e. The van der Waals surface area contributed by atoms with Crippen LogP contribution in [0.4, 0.5) is 4.39 Å². The predicted octanol–water partition coefficient (Wildman–Crippen LogP) is 2.61. The van der Waals surface area contributed by atoms with Gasteiger partial charge in [0.05, 0.1) is 11.6 Å². The fourth-order valence-electron chi connectivity index (χ4n) is 2.08. The van der Waals surface area contributed by atoms with Crippen molar-refractivity contribution < 1.29 is 9.13 Å². The lowest BCUT2D eigenvalue weighted by Crippen LogP contribution is -2.38. The van der Waals surface area contributed by atoms with Crippen molar-refractivity contribution in [3.63, 3.8) is 0 Å². The lowest BCUT2D eigenvalue weighted by molar-refractivity contribution is 0.397. The third-order valence-corrected chi connectivity index (χ3v) is 3.80. The molecule has 0 amide bonds. The van der Waals surface area contributed by atoms with Crippen LogP contribution in [0.5, 0.6) is 5.88 Å². The maximum Gasteiger partial charge on any atom is 0.212 e. The summed E-state index contributed by atoms with van der Waals surface area (Å²) in [6.07, 6.45) is 3.19. The third-order valence-electron chi connectivity index (χ3n) is 3.19. The number of pyridine rings is 1. The molecule has 1 aromatic carbocycles. The molecule has 0 bridgehead atoms. The van der Waals surface area contributed by atoms with Crippen LogP contribution in [0.1, 0.15) is 11.1 Å². The van der Waals surface area contributed by atoms with E-state index < -0.39 is 0 Å². The van der Waals surface area contributed by atoms with Gasteiger partial charge in [0.25, 0.3) is 0 Å². The number of nitrogens with zero attached hydrogens (tertiary/aromatic N) is 1. The maximum atomic E-state index is 13.2. The van der Waals surface area contributed by atoms with E-state index in [9.17, 15) is 4.39 Å². The Hall–Kier alpha value is -1.50. The Bertz CT molecular complexity index is 592. The summed E-state index contributed by atoms with van der Waals surface area (Å²) in [5, 5.41) is 0. The van der Waals surface area contributed by atoms with Gasteiger partial charge in [0.1, 0.15) is 5.82 Å². The van der Waals surface area contributed by atoms with Gasteiger partial charge in [-0.25, -0.2) is 9.37 Å². The predicted molar refractivity (Wildman–Crippen MR) is 83.4 cm³/mol. The lowest BCUT2D eigenvalue weighted by Gasteiger charge is -2.16. The van der Waals surface area contributed by atoms with Crippen LogP contribution in [0.25, 0.3) is 0 Å². The molecule has 112 valence electrons. The number of nitrogens with one attached hydrogen (secondary N) is 1. The Morgan fingerprint density at radius 2 is 2.00 bits per heavy atom. The zero-order valence-electron chi connectivity index (χ0n) is 11.6. The number of ether oxygens (including phenoxy) is 1. The molecular formula is C15H17BrFN3O. The van der Waals surface area contributed by atoms with Gasteiger partial charge in [-0.2, -0.15) is 0 Å². The summed E-state index contributed by atoms with van der Waals surface area (Å²) in [5.74, 6) is 5.93. The number of benzene rings is 1. The zero-order chi connectivity index (χ0) is 15.2. The summed E-state index contributed by atoms with van der Waals surface area (Å²) in [4.78, 5) is 4.17. The van der Waals surface area contributed by atoms with Crippen LogP contribution in [0.3, 0.4) is 0 Å². The molecule has 0 radical (unpaired) electrons. The first kappa shape index (κ1) is 15.9. The maximum absolute atomic E-state index is 13.2. The molecule has 6 heteroatoms. The summed E-state index contributed by atoms with van der Waals surface area (Å²) in [7, 11) is 1.58. The van der Waals surface area contributed by atoms with Crippen LogP contribution in [-0.4, -0.2) is 18.1 Å². The summed E-state index contributed by atoms with van der Waals surface area (Å²) in [6.45, 7) is 0. The number of aromatic nitrogens is 1. The van der Waals surface area contributed by atoms with Gasteiger partial charge in [-0.05, 0) is 52.0 Å². The Labute approximate surface area is 131 Å². The van der Waals surface area contributed by atoms with Crippen molar-refractivity contribution in [2.24, 2.45) is 5.84 Å². The van der Waals surface area contributed by atoms with E-state index in [0.717, 1.165) is 17.5 Å². The SMILES string of the molecule is COc1ccc(CC(Cc2ccc(F)c(Br)c2)NN)cn1. The molecule has 0 aliphatic carbocycles.